The first-order valence-corrected chi connectivity index (χ1v) is 11.7. The fraction of sp³-hybridized carbons (Fsp3) is 0.292. The van der Waals surface area contributed by atoms with Crippen LogP contribution in [0.15, 0.2) is 72.1 Å². The minimum absolute atomic E-state index is 0.0242. The van der Waals surface area contributed by atoms with E-state index in [4.69, 9.17) is 0 Å². The molecule has 3 heterocycles. The lowest BCUT2D eigenvalue weighted by Crippen LogP contribution is -2.48. The number of nitrogens with zero attached hydrogens (tertiary/aromatic N) is 6. The van der Waals surface area contributed by atoms with Crippen LogP contribution in [0.5, 0.6) is 0 Å². The number of benzene rings is 2. The molecule has 1 saturated heterocycles. The van der Waals surface area contributed by atoms with Crippen molar-refractivity contribution >= 4 is 17.0 Å². The number of rotatable bonds is 7. The second-order valence-corrected chi connectivity index (χ2v) is 8.89. The second kappa shape index (κ2) is 9.58. The van der Waals surface area contributed by atoms with Gasteiger partial charge in [-0.3, -0.25) is 4.90 Å². The molecule has 1 fully saturated rings. The molecule has 1 aliphatic rings. The van der Waals surface area contributed by atoms with E-state index in [9.17, 15) is 4.39 Å². The number of tetrazole rings is 1. The molecule has 2 aromatic carbocycles. The summed E-state index contributed by atoms with van der Waals surface area (Å²) in [6.45, 7) is 4.25. The molecule has 0 N–H and O–H groups in total. The summed E-state index contributed by atoms with van der Waals surface area (Å²) in [4.78, 5) is 6.01. The summed E-state index contributed by atoms with van der Waals surface area (Å²) in [5.74, 6) is 0.686. The van der Waals surface area contributed by atoms with Gasteiger partial charge in [0.15, 0.2) is 5.82 Å². The molecule has 0 saturated carbocycles. The molecule has 164 valence electrons. The second-order valence-electron chi connectivity index (χ2n) is 7.91. The van der Waals surface area contributed by atoms with Gasteiger partial charge >= 0.3 is 0 Å². The van der Waals surface area contributed by atoms with E-state index in [0.29, 0.717) is 0 Å². The number of thiophene rings is 1. The Labute approximate surface area is 190 Å². The molecular formula is C24H25FN6S. The minimum Gasteiger partial charge on any atom is -0.369 e. The van der Waals surface area contributed by atoms with Crippen LogP contribution in [-0.4, -0.2) is 51.3 Å². The fourth-order valence-electron chi connectivity index (χ4n) is 4.25. The molecule has 4 aromatic rings. The molecule has 5 rings (SSSR count). The normalized spacial score (nSPS) is 15.7. The zero-order chi connectivity index (χ0) is 21.8. The highest BCUT2D eigenvalue weighted by Crippen LogP contribution is 2.32. The first kappa shape index (κ1) is 20.8. The first-order valence-electron chi connectivity index (χ1n) is 10.9. The summed E-state index contributed by atoms with van der Waals surface area (Å²) in [5, 5.41) is 14.9. The van der Waals surface area contributed by atoms with E-state index >= 15 is 0 Å². The van der Waals surface area contributed by atoms with E-state index in [1.54, 1.807) is 11.3 Å². The van der Waals surface area contributed by atoms with Crippen LogP contribution >= 0.6 is 11.3 Å². The Morgan fingerprint density at radius 3 is 2.41 bits per heavy atom. The Balaban J connectivity index is 1.34. The van der Waals surface area contributed by atoms with E-state index in [0.717, 1.165) is 50.7 Å². The van der Waals surface area contributed by atoms with Gasteiger partial charge in [0.1, 0.15) is 11.9 Å². The highest BCUT2D eigenvalue weighted by Gasteiger charge is 2.31. The summed E-state index contributed by atoms with van der Waals surface area (Å²) in [5.41, 5.74) is 2.33. The summed E-state index contributed by atoms with van der Waals surface area (Å²) in [6, 6.07) is 21.4. The van der Waals surface area contributed by atoms with E-state index in [-0.39, 0.29) is 11.9 Å². The monoisotopic (exact) mass is 448 g/mol. The highest BCUT2D eigenvalue weighted by atomic mass is 32.1. The fourth-order valence-corrected chi connectivity index (χ4v) is 5.11. The lowest BCUT2D eigenvalue weighted by Gasteiger charge is -2.39. The van der Waals surface area contributed by atoms with E-state index in [2.05, 4.69) is 67.1 Å². The largest absolute Gasteiger partial charge is 0.369 e. The number of piperazine rings is 1. The van der Waals surface area contributed by atoms with Crippen molar-refractivity contribution in [2.75, 3.05) is 31.1 Å². The number of halogens is 1. The van der Waals surface area contributed by atoms with Gasteiger partial charge in [-0.15, -0.1) is 16.4 Å². The van der Waals surface area contributed by atoms with Crippen LogP contribution in [-0.2, 0) is 13.0 Å². The average molecular weight is 449 g/mol. The minimum atomic E-state index is -0.201. The van der Waals surface area contributed by atoms with Crippen LogP contribution in [0.1, 0.15) is 22.3 Å². The average Bonchev–Trinajstić information content (AvgIpc) is 3.53. The third kappa shape index (κ3) is 4.56. The van der Waals surface area contributed by atoms with Gasteiger partial charge in [-0.1, -0.05) is 36.4 Å². The Hall–Kier alpha value is -3.10. The SMILES string of the molecule is Fc1ccc(N2CCN([C@H](c3cccs3)c3nnnn3CCc3ccccc3)CC2)cc1. The maximum absolute atomic E-state index is 13.3. The van der Waals surface area contributed by atoms with Crippen LogP contribution in [0.3, 0.4) is 0 Å². The smallest absolute Gasteiger partial charge is 0.173 e. The number of anilines is 1. The third-order valence-electron chi connectivity index (χ3n) is 5.94. The van der Waals surface area contributed by atoms with Crippen LogP contribution < -0.4 is 4.90 Å². The van der Waals surface area contributed by atoms with Gasteiger partial charge in [-0.25, -0.2) is 9.07 Å². The zero-order valence-corrected chi connectivity index (χ0v) is 18.5. The molecule has 6 nitrogen and oxygen atoms in total. The number of aromatic nitrogens is 4. The maximum Gasteiger partial charge on any atom is 0.173 e. The molecule has 2 aromatic heterocycles. The molecule has 8 heteroatoms. The van der Waals surface area contributed by atoms with Crippen molar-refractivity contribution in [2.24, 2.45) is 0 Å². The van der Waals surface area contributed by atoms with Crippen molar-refractivity contribution in [3.05, 3.63) is 94.2 Å². The van der Waals surface area contributed by atoms with Gasteiger partial charge < -0.3 is 4.90 Å². The summed E-state index contributed by atoms with van der Waals surface area (Å²) >= 11 is 1.74. The predicted molar refractivity (Wildman–Crippen MR) is 124 cm³/mol. The van der Waals surface area contributed by atoms with Gasteiger partial charge in [0, 0.05) is 43.3 Å². The molecule has 0 amide bonds. The van der Waals surface area contributed by atoms with E-state index in [1.165, 1.54) is 22.6 Å². The van der Waals surface area contributed by atoms with Crippen LogP contribution in [0.2, 0.25) is 0 Å². The lowest BCUT2D eigenvalue weighted by molar-refractivity contribution is 0.203. The van der Waals surface area contributed by atoms with Crippen molar-refractivity contribution in [1.82, 2.24) is 25.1 Å². The van der Waals surface area contributed by atoms with Crippen molar-refractivity contribution in [3.8, 4) is 0 Å². The maximum atomic E-state index is 13.3. The Bertz CT molecular complexity index is 1110. The third-order valence-corrected chi connectivity index (χ3v) is 6.87. The zero-order valence-electron chi connectivity index (χ0n) is 17.7. The summed E-state index contributed by atoms with van der Waals surface area (Å²) < 4.78 is 15.2. The number of aryl methyl sites for hydroxylation is 2. The van der Waals surface area contributed by atoms with Crippen LogP contribution in [0, 0.1) is 5.82 Å². The summed E-state index contributed by atoms with van der Waals surface area (Å²) in [7, 11) is 0. The van der Waals surface area contributed by atoms with Gasteiger partial charge in [0.05, 0.1) is 0 Å². The van der Waals surface area contributed by atoms with Crippen molar-refractivity contribution < 1.29 is 4.39 Å². The van der Waals surface area contributed by atoms with E-state index < -0.39 is 0 Å². The Morgan fingerprint density at radius 1 is 0.906 bits per heavy atom. The molecule has 0 aliphatic carbocycles. The van der Waals surface area contributed by atoms with Gasteiger partial charge in [-0.2, -0.15) is 0 Å². The van der Waals surface area contributed by atoms with E-state index in [1.807, 2.05) is 22.9 Å². The number of hydrogen-bond donors (Lipinski definition) is 0. The van der Waals surface area contributed by atoms with Crippen LogP contribution in [0.4, 0.5) is 10.1 Å². The topological polar surface area (TPSA) is 50.1 Å². The molecule has 0 spiro atoms. The molecule has 0 bridgehead atoms. The molecular weight excluding hydrogens is 423 g/mol. The standard InChI is InChI=1S/C24H25FN6S/c25-20-8-10-21(11-9-20)29-14-16-30(17-15-29)23(22-7-4-18-32-22)24-26-27-28-31(24)13-12-19-5-2-1-3-6-19/h1-11,18,23H,12-17H2/t23-/m1/s1. The Morgan fingerprint density at radius 2 is 1.69 bits per heavy atom. The van der Waals surface area contributed by atoms with Crippen molar-refractivity contribution in [3.63, 3.8) is 0 Å². The molecule has 0 unspecified atom stereocenters. The van der Waals surface area contributed by atoms with Crippen LogP contribution in [0.25, 0.3) is 0 Å². The van der Waals surface area contributed by atoms with Crippen molar-refractivity contribution in [1.29, 1.82) is 0 Å². The van der Waals surface area contributed by atoms with Gasteiger partial charge in [-0.05, 0) is 58.1 Å². The Kier molecular flexibility index (Phi) is 6.22. The molecule has 1 atom stereocenters. The molecule has 1 aliphatic heterocycles. The van der Waals surface area contributed by atoms with Crippen molar-refractivity contribution in [2.45, 2.75) is 19.0 Å². The first-order chi connectivity index (χ1) is 15.8. The van der Waals surface area contributed by atoms with Gasteiger partial charge in [0.2, 0.25) is 0 Å². The predicted octanol–water partition coefficient (Wildman–Crippen LogP) is 4.03. The summed E-state index contributed by atoms with van der Waals surface area (Å²) in [6.07, 6.45) is 0.883. The highest BCUT2D eigenvalue weighted by molar-refractivity contribution is 7.10. The lowest BCUT2D eigenvalue weighted by atomic mass is 10.1. The van der Waals surface area contributed by atoms with Gasteiger partial charge in [0.25, 0.3) is 0 Å². The quantitative estimate of drug-likeness (QED) is 0.427. The molecule has 32 heavy (non-hydrogen) atoms. The number of hydrogen-bond acceptors (Lipinski definition) is 6. The molecule has 0 radical (unpaired) electrons.